The minimum Gasteiger partial charge on any atom is -0.329 e. The van der Waals surface area contributed by atoms with E-state index in [0.717, 1.165) is 26.1 Å². The fraction of sp³-hybridized carbons (Fsp3) is 0.667. The molecule has 0 heterocycles. The van der Waals surface area contributed by atoms with Gasteiger partial charge in [-0.1, -0.05) is 45.0 Å². The van der Waals surface area contributed by atoms with Crippen LogP contribution >= 0.6 is 0 Å². The number of hydrogen-bond acceptors (Lipinski definition) is 3. The Morgan fingerprint density at radius 2 is 1.67 bits per heavy atom. The lowest BCUT2D eigenvalue weighted by Crippen LogP contribution is -2.40. The predicted molar refractivity (Wildman–Crippen MR) is 92.6 cm³/mol. The van der Waals surface area contributed by atoms with Crippen LogP contribution in [-0.2, 0) is 6.42 Å². The summed E-state index contributed by atoms with van der Waals surface area (Å²) in [6, 6.07) is 9.28. The van der Waals surface area contributed by atoms with Gasteiger partial charge in [0.25, 0.3) is 0 Å². The maximum Gasteiger partial charge on any atom is 0.0471 e. The molecule has 0 bridgehead atoms. The fourth-order valence-corrected chi connectivity index (χ4v) is 2.64. The van der Waals surface area contributed by atoms with Crippen molar-refractivity contribution in [1.29, 1.82) is 0 Å². The van der Waals surface area contributed by atoms with E-state index in [4.69, 9.17) is 5.73 Å². The second kappa shape index (κ2) is 9.19. The normalized spacial score (nSPS) is 13.4. The van der Waals surface area contributed by atoms with Gasteiger partial charge in [0.1, 0.15) is 0 Å². The SMILES string of the molecule is CCc1ccc(C(CN)N(CCN(C)C)CC(C)C)cc1. The molecule has 0 saturated heterocycles. The van der Waals surface area contributed by atoms with E-state index >= 15 is 0 Å². The maximum atomic E-state index is 6.10. The second-order valence-electron chi connectivity index (χ2n) is 6.54. The largest absolute Gasteiger partial charge is 0.329 e. The summed E-state index contributed by atoms with van der Waals surface area (Å²) in [5.41, 5.74) is 8.83. The lowest BCUT2D eigenvalue weighted by molar-refractivity contribution is 0.163. The van der Waals surface area contributed by atoms with Gasteiger partial charge in [-0.15, -0.1) is 0 Å². The number of aryl methyl sites for hydroxylation is 1. The Morgan fingerprint density at radius 1 is 1.05 bits per heavy atom. The Morgan fingerprint density at radius 3 is 2.10 bits per heavy atom. The van der Waals surface area contributed by atoms with E-state index in [1.807, 2.05) is 0 Å². The number of benzene rings is 1. The summed E-state index contributed by atoms with van der Waals surface area (Å²) in [6.07, 6.45) is 1.09. The second-order valence-corrected chi connectivity index (χ2v) is 6.54. The Hall–Kier alpha value is -0.900. The van der Waals surface area contributed by atoms with E-state index in [1.54, 1.807) is 0 Å². The summed E-state index contributed by atoms with van der Waals surface area (Å²) in [7, 11) is 4.25. The fourth-order valence-electron chi connectivity index (χ4n) is 2.64. The van der Waals surface area contributed by atoms with Crippen LogP contribution in [-0.4, -0.2) is 50.1 Å². The van der Waals surface area contributed by atoms with Crippen molar-refractivity contribution in [2.45, 2.75) is 33.2 Å². The van der Waals surface area contributed by atoms with Gasteiger partial charge in [-0.3, -0.25) is 4.90 Å². The average molecular weight is 291 g/mol. The van der Waals surface area contributed by atoms with Gasteiger partial charge in [0.2, 0.25) is 0 Å². The number of nitrogens with two attached hydrogens (primary N) is 1. The molecule has 0 radical (unpaired) electrons. The van der Waals surface area contributed by atoms with E-state index in [9.17, 15) is 0 Å². The summed E-state index contributed by atoms with van der Waals surface area (Å²) in [5, 5.41) is 0. The number of rotatable bonds is 9. The van der Waals surface area contributed by atoms with Gasteiger partial charge in [0.15, 0.2) is 0 Å². The monoisotopic (exact) mass is 291 g/mol. The highest BCUT2D eigenvalue weighted by atomic mass is 15.2. The van der Waals surface area contributed by atoms with Gasteiger partial charge in [0, 0.05) is 32.2 Å². The van der Waals surface area contributed by atoms with E-state index in [2.05, 4.69) is 68.9 Å². The minimum atomic E-state index is 0.318. The van der Waals surface area contributed by atoms with Crippen LogP contribution in [0.25, 0.3) is 0 Å². The zero-order chi connectivity index (χ0) is 15.8. The topological polar surface area (TPSA) is 32.5 Å². The van der Waals surface area contributed by atoms with Crippen LogP contribution in [0, 0.1) is 5.92 Å². The van der Waals surface area contributed by atoms with Crippen molar-refractivity contribution in [3.63, 3.8) is 0 Å². The Labute approximate surface area is 131 Å². The zero-order valence-electron chi connectivity index (χ0n) is 14.5. The third-order valence-electron chi connectivity index (χ3n) is 3.87. The van der Waals surface area contributed by atoms with Crippen molar-refractivity contribution in [2.75, 3.05) is 40.3 Å². The van der Waals surface area contributed by atoms with Gasteiger partial charge in [-0.2, -0.15) is 0 Å². The molecule has 0 fully saturated rings. The molecule has 0 saturated carbocycles. The number of likely N-dealkylation sites (N-methyl/N-ethyl adjacent to an activating group) is 1. The molecule has 1 aromatic rings. The third-order valence-corrected chi connectivity index (χ3v) is 3.87. The average Bonchev–Trinajstić information content (AvgIpc) is 2.45. The minimum absolute atomic E-state index is 0.318. The third kappa shape index (κ3) is 6.16. The highest BCUT2D eigenvalue weighted by Gasteiger charge is 2.19. The van der Waals surface area contributed by atoms with Crippen molar-refractivity contribution < 1.29 is 0 Å². The first-order valence-electron chi connectivity index (χ1n) is 8.15. The van der Waals surface area contributed by atoms with Gasteiger partial charge >= 0.3 is 0 Å². The molecular formula is C18H33N3. The molecule has 3 heteroatoms. The van der Waals surface area contributed by atoms with Crippen LogP contribution in [0.1, 0.15) is 37.9 Å². The summed E-state index contributed by atoms with van der Waals surface area (Å²) < 4.78 is 0. The highest BCUT2D eigenvalue weighted by Crippen LogP contribution is 2.21. The molecule has 1 rings (SSSR count). The standard InChI is InChI=1S/C18H33N3/c1-6-16-7-9-17(10-8-16)18(13-19)21(14-15(2)3)12-11-20(4)5/h7-10,15,18H,6,11-14,19H2,1-5H3. The molecule has 0 aromatic heterocycles. The highest BCUT2D eigenvalue weighted by molar-refractivity contribution is 5.25. The van der Waals surface area contributed by atoms with Crippen LogP contribution in [0.4, 0.5) is 0 Å². The van der Waals surface area contributed by atoms with Crippen LogP contribution in [0.3, 0.4) is 0 Å². The first kappa shape index (κ1) is 18.1. The lowest BCUT2D eigenvalue weighted by Gasteiger charge is -2.33. The first-order valence-corrected chi connectivity index (χ1v) is 8.15. The van der Waals surface area contributed by atoms with E-state index in [1.165, 1.54) is 11.1 Å². The van der Waals surface area contributed by atoms with Gasteiger partial charge in [-0.25, -0.2) is 0 Å². The van der Waals surface area contributed by atoms with E-state index in [0.29, 0.717) is 18.5 Å². The van der Waals surface area contributed by atoms with Gasteiger partial charge < -0.3 is 10.6 Å². The Balaban J connectivity index is 2.87. The molecule has 21 heavy (non-hydrogen) atoms. The van der Waals surface area contributed by atoms with Crippen molar-refractivity contribution in [3.8, 4) is 0 Å². The van der Waals surface area contributed by atoms with Crippen LogP contribution in [0.15, 0.2) is 24.3 Å². The summed E-state index contributed by atoms with van der Waals surface area (Å²) in [4.78, 5) is 4.77. The lowest BCUT2D eigenvalue weighted by atomic mass is 10.0. The molecule has 0 aliphatic rings. The van der Waals surface area contributed by atoms with Crippen LogP contribution < -0.4 is 5.73 Å². The molecular weight excluding hydrogens is 258 g/mol. The van der Waals surface area contributed by atoms with Gasteiger partial charge in [-0.05, 0) is 37.6 Å². The number of nitrogens with zero attached hydrogens (tertiary/aromatic N) is 2. The Bertz CT molecular complexity index is 384. The quantitative estimate of drug-likeness (QED) is 0.759. The Kier molecular flexibility index (Phi) is 7.94. The molecule has 0 aliphatic heterocycles. The summed E-state index contributed by atoms with van der Waals surface area (Å²) >= 11 is 0. The molecule has 1 aromatic carbocycles. The van der Waals surface area contributed by atoms with E-state index in [-0.39, 0.29) is 0 Å². The molecule has 0 spiro atoms. The summed E-state index contributed by atoms with van der Waals surface area (Å²) in [5.74, 6) is 0.649. The predicted octanol–water partition coefficient (Wildman–Crippen LogP) is 2.77. The molecule has 2 N–H and O–H groups in total. The smallest absolute Gasteiger partial charge is 0.0471 e. The van der Waals surface area contributed by atoms with Crippen molar-refractivity contribution in [1.82, 2.24) is 9.80 Å². The van der Waals surface area contributed by atoms with Crippen LogP contribution in [0.5, 0.6) is 0 Å². The van der Waals surface area contributed by atoms with Crippen molar-refractivity contribution in [3.05, 3.63) is 35.4 Å². The zero-order valence-corrected chi connectivity index (χ0v) is 14.5. The molecule has 3 nitrogen and oxygen atoms in total. The molecule has 120 valence electrons. The van der Waals surface area contributed by atoms with Crippen molar-refractivity contribution in [2.24, 2.45) is 11.7 Å². The first-order chi connectivity index (χ1) is 9.97. The molecule has 1 atom stereocenters. The number of hydrogen-bond donors (Lipinski definition) is 1. The molecule has 1 unspecified atom stereocenters. The summed E-state index contributed by atoms with van der Waals surface area (Å²) in [6.45, 7) is 10.6. The maximum absolute atomic E-state index is 6.10. The van der Waals surface area contributed by atoms with E-state index < -0.39 is 0 Å². The molecule has 0 aliphatic carbocycles. The van der Waals surface area contributed by atoms with Crippen molar-refractivity contribution >= 4 is 0 Å². The van der Waals surface area contributed by atoms with Crippen LogP contribution in [0.2, 0.25) is 0 Å². The molecule has 0 amide bonds. The van der Waals surface area contributed by atoms with Gasteiger partial charge in [0.05, 0.1) is 0 Å².